The second kappa shape index (κ2) is 7.38. The van der Waals surface area contributed by atoms with Gasteiger partial charge in [0.1, 0.15) is 11.6 Å². The molecule has 0 spiro atoms. The molecule has 1 unspecified atom stereocenters. The van der Waals surface area contributed by atoms with Gasteiger partial charge < -0.3 is 5.32 Å². The third-order valence-electron chi connectivity index (χ3n) is 2.98. The Morgan fingerprint density at radius 3 is 2.35 bits per heavy atom. The highest BCUT2D eigenvalue weighted by Crippen LogP contribution is 2.15. The molecule has 1 aromatic carbocycles. The molecule has 1 aromatic rings. The van der Waals surface area contributed by atoms with Crippen LogP contribution in [0.5, 0.6) is 0 Å². The van der Waals surface area contributed by atoms with Crippen molar-refractivity contribution in [2.75, 3.05) is 6.54 Å². The van der Waals surface area contributed by atoms with Gasteiger partial charge in [-0.1, -0.05) is 19.9 Å². The monoisotopic (exact) mass is 241 g/mol. The summed E-state index contributed by atoms with van der Waals surface area (Å²) in [6, 6.07) is 4.38. The Kier molecular flexibility index (Phi) is 6.12. The van der Waals surface area contributed by atoms with E-state index in [4.69, 9.17) is 0 Å². The molecule has 0 aliphatic heterocycles. The first-order valence-corrected chi connectivity index (χ1v) is 6.35. The lowest BCUT2D eigenvalue weighted by Crippen LogP contribution is -2.29. The van der Waals surface area contributed by atoms with Crippen LogP contribution in [0.15, 0.2) is 18.2 Å². The van der Waals surface area contributed by atoms with Gasteiger partial charge in [-0.05, 0) is 44.4 Å². The molecule has 1 rings (SSSR count). The van der Waals surface area contributed by atoms with Crippen LogP contribution in [0.25, 0.3) is 0 Å². The lowest BCUT2D eigenvalue weighted by atomic mass is 10.0. The van der Waals surface area contributed by atoms with Crippen LogP contribution in [0.3, 0.4) is 0 Å². The van der Waals surface area contributed by atoms with Gasteiger partial charge in [0.25, 0.3) is 0 Å². The fraction of sp³-hybridized carbons (Fsp3) is 0.571. The fourth-order valence-electron chi connectivity index (χ4n) is 1.89. The molecule has 1 atom stereocenters. The van der Waals surface area contributed by atoms with E-state index >= 15 is 0 Å². The van der Waals surface area contributed by atoms with Crippen LogP contribution in [0.1, 0.15) is 38.7 Å². The van der Waals surface area contributed by atoms with E-state index in [1.807, 2.05) is 0 Å². The van der Waals surface area contributed by atoms with Crippen molar-refractivity contribution in [3.05, 3.63) is 35.4 Å². The topological polar surface area (TPSA) is 12.0 Å². The van der Waals surface area contributed by atoms with Crippen molar-refractivity contribution in [3.8, 4) is 0 Å². The molecule has 3 heteroatoms. The molecular weight excluding hydrogens is 220 g/mol. The molecule has 0 aliphatic rings. The minimum absolute atomic E-state index is 0.212. The SMILES string of the molecule is CCCNC(CC)CCc1c(F)cccc1F. The Morgan fingerprint density at radius 1 is 1.18 bits per heavy atom. The quantitative estimate of drug-likeness (QED) is 0.768. The van der Waals surface area contributed by atoms with Crippen LogP contribution in [-0.4, -0.2) is 12.6 Å². The van der Waals surface area contributed by atoms with E-state index in [1.165, 1.54) is 18.2 Å². The van der Waals surface area contributed by atoms with E-state index in [1.54, 1.807) is 0 Å². The van der Waals surface area contributed by atoms with Gasteiger partial charge in [0.2, 0.25) is 0 Å². The van der Waals surface area contributed by atoms with Crippen molar-refractivity contribution >= 4 is 0 Å². The van der Waals surface area contributed by atoms with Gasteiger partial charge in [-0.15, -0.1) is 0 Å². The van der Waals surface area contributed by atoms with Crippen molar-refractivity contribution in [1.29, 1.82) is 0 Å². The molecule has 0 fully saturated rings. The zero-order chi connectivity index (χ0) is 12.7. The molecule has 0 aliphatic carbocycles. The third-order valence-corrected chi connectivity index (χ3v) is 2.98. The van der Waals surface area contributed by atoms with Crippen LogP contribution < -0.4 is 5.32 Å². The van der Waals surface area contributed by atoms with Crippen LogP contribution in [0.2, 0.25) is 0 Å². The van der Waals surface area contributed by atoms with Crippen molar-refractivity contribution in [1.82, 2.24) is 5.32 Å². The van der Waals surface area contributed by atoms with Gasteiger partial charge in [0.05, 0.1) is 0 Å². The molecule has 0 bridgehead atoms. The highest BCUT2D eigenvalue weighted by molar-refractivity contribution is 5.19. The third kappa shape index (κ3) is 4.43. The number of nitrogens with one attached hydrogen (secondary N) is 1. The first kappa shape index (κ1) is 14.1. The minimum Gasteiger partial charge on any atom is -0.314 e. The van der Waals surface area contributed by atoms with Gasteiger partial charge in [-0.2, -0.15) is 0 Å². The Labute approximate surface area is 102 Å². The summed E-state index contributed by atoms with van der Waals surface area (Å²) in [5.74, 6) is -0.870. The fourth-order valence-corrected chi connectivity index (χ4v) is 1.89. The van der Waals surface area contributed by atoms with Crippen LogP contribution in [0.4, 0.5) is 8.78 Å². The summed E-state index contributed by atoms with van der Waals surface area (Å²) < 4.78 is 26.8. The van der Waals surface area contributed by atoms with Gasteiger partial charge >= 0.3 is 0 Å². The van der Waals surface area contributed by atoms with Crippen molar-refractivity contribution in [2.45, 2.75) is 45.6 Å². The molecule has 1 N–H and O–H groups in total. The molecule has 0 saturated heterocycles. The van der Waals surface area contributed by atoms with Crippen LogP contribution in [0, 0.1) is 11.6 Å². The maximum atomic E-state index is 13.4. The molecule has 0 amide bonds. The number of halogens is 2. The molecule has 0 radical (unpaired) electrons. The molecule has 1 nitrogen and oxygen atoms in total. The largest absolute Gasteiger partial charge is 0.314 e. The molecule has 17 heavy (non-hydrogen) atoms. The Morgan fingerprint density at radius 2 is 1.82 bits per heavy atom. The Bertz CT molecular complexity index is 319. The van der Waals surface area contributed by atoms with E-state index in [9.17, 15) is 8.78 Å². The first-order chi connectivity index (χ1) is 8.19. The van der Waals surface area contributed by atoms with E-state index < -0.39 is 11.6 Å². The molecule has 0 aromatic heterocycles. The zero-order valence-corrected chi connectivity index (χ0v) is 10.6. The van der Waals surface area contributed by atoms with E-state index in [0.717, 1.165) is 25.8 Å². The Balaban J connectivity index is 2.53. The molecule has 0 saturated carbocycles. The standard InChI is InChI=1S/C14H21F2N/c1-3-10-17-11(4-2)8-9-12-13(15)6-5-7-14(12)16/h5-7,11,17H,3-4,8-10H2,1-2H3. The number of hydrogen-bond donors (Lipinski definition) is 1. The average Bonchev–Trinajstić information content (AvgIpc) is 2.32. The van der Waals surface area contributed by atoms with Crippen LogP contribution >= 0.6 is 0 Å². The summed E-state index contributed by atoms with van der Waals surface area (Å²) in [5.41, 5.74) is 0.212. The van der Waals surface area contributed by atoms with Gasteiger partial charge in [0, 0.05) is 11.6 Å². The molecule has 0 heterocycles. The second-order valence-electron chi connectivity index (χ2n) is 4.30. The summed E-state index contributed by atoms with van der Waals surface area (Å²) in [7, 11) is 0. The Hall–Kier alpha value is -0.960. The predicted octanol–water partition coefficient (Wildman–Crippen LogP) is 3.68. The summed E-state index contributed by atoms with van der Waals surface area (Å²) in [6.45, 7) is 5.15. The van der Waals surface area contributed by atoms with E-state index in [2.05, 4.69) is 19.2 Å². The summed E-state index contributed by atoms with van der Waals surface area (Å²) >= 11 is 0. The predicted molar refractivity (Wildman–Crippen MR) is 67.1 cm³/mol. The lowest BCUT2D eigenvalue weighted by molar-refractivity contribution is 0.457. The van der Waals surface area contributed by atoms with Gasteiger partial charge in [-0.3, -0.25) is 0 Å². The summed E-state index contributed by atoms with van der Waals surface area (Å²) in [5, 5.41) is 3.38. The van der Waals surface area contributed by atoms with Crippen molar-refractivity contribution < 1.29 is 8.78 Å². The molecule has 96 valence electrons. The zero-order valence-electron chi connectivity index (χ0n) is 10.6. The second-order valence-corrected chi connectivity index (χ2v) is 4.30. The first-order valence-electron chi connectivity index (χ1n) is 6.35. The maximum absolute atomic E-state index is 13.4. The number of benzene rings is 1. The van der Waals surface area contributed by atoms with E-state index in [0.29, 0.717) is 12.5 Å². The highest BCUT2D eigenvalue weighted by Gasteiger charge is 2.11. The minimum atomic E-state index is -0.435. The molecular formula is C14H21F2N. The van der Waals surface area contributed by atoms with Gasteiger partial charge in [0.15, 0.2) is 0 Å². The lowest BCUT2D eigenvalue weighted by Gasteiger charge is -2.16. The van der Waals surface area contributed by atoms with Gasteiger partial charge in [-0.25, -0.2) is 8.78 Å². The maximum Gasteiger partial charge on any atom is 0.129 e. The van der Waals surface area contributed by atoms with Crippen molar-refractivity contribution in [2.24, 2.45) is 0 Å². The number of hydrogen-bond acceptors (Lipinski definition) is 1. The van der Waals surface area contributed by atoms with Crippen molar-refractivity contribution in [3.63, 3.8) is 0 Å². The highest BCUT2D eigenvalue weighted by atomic mass is 19.1. The summed E-state index contributed by atoms with van der Waals surface area (Å²) in [4.78, 5) is 0. The van der Waals surface area contributed by atoms with Crippen LogP contribution in [-0.2, 0) is 6.42 Å². The normalized spacial score (nSPS) is 12.7. The smallest absolute Gasteiger partial charge is 0.129 e. The average molecular weight is 241 g/mol. The number of rotatable bonds is 7. The summed E-state index contributed by atoms with van der Waals surface area (Å²) in [6.07, 6.45) is 3.28. The van der Waals surface area contributed by atoms with E-state index in [-0.39, 0.29) is 5.56 Å².